The second-order valence-corrected chi connectivity index (χ2v) is 8.79. The maximum Gasteiger partial charge on any atom is 0.330 e. The van der Waals surface area contributed by atoms with E-state index >= 15 is 0 Å². The van der Waals surface area contributed by atoms with Crippen molar-refractivity contribution < 1.29 is 14.3 Å². The summed E-state index contributed by atoms with van der Waals surface area (Å²) in [6, 6.07) is 22.2. The quantitative estimate of drug-likeness (QED) is 0.232. The molecule has 1 amide bonds. The topological polar surface area (TPSA) is 116 Å². The van der Waals surface area contributed by atoms with Gasteiger partial charge in [-0.25, -0.2) is 14.8 Å². The molecule has 3 heterocycles. The van der Waals surface area contributed by atoms with Crippen molar-refractivity contribution in [3.63, 3.8) is 0 Å². The summed E-state index contributed by atoms with van der Waals surface area (Å²) in [7, 11) is 0. The number of nitrogens with one attached hydrogen (secondary N) is 1. The number of anilines is 1. The van der Waals surface area contributed by atoms with E-state index in [9.17, 15) is 14.4 Å². The molecule has 0 unspecified atom stereocenters. The number of benzene rings is 2. The van der Waals surface area contributed by atoms with Crippen LogP contribution >= 0.6 is 0 Å². The van der Waals surface area contributed by atoms with Gasteiger partial charge in [-0.2, -0.15) is 0 Å². The normalized spacial score (nSPS) is 11.0. The minimum atomic E-state index is -0.583. The largest absolute Gasteiger partial charge is 0.463 e. The summed E-state index contributed by atoms with van der Waals surface area (Å²) >= 11 is 0. The molecule has 0 atom stereocenters. The van der Waals surface area contributed by atoms with Crippen molar-refractivity contribution in [1.29, 1.82) is 0 Å². The van der Waals surface area contributed by atoms with Crippen LogP contribution in [0.25, 0.3) is 28.0 Å². The molecule has 0 saturated heterocycles. The first-order valence-corrected chi connectivity index (χ1v) is 12.6. The molecule has 0 radical (unpaired) electrons. The minimum Gasteiger partial charge on any atom is -0.463 e. The fourth-order valence-corrected chi connectivity index (χ4v) is 4.24. The van der Waals surface area contributed by atoms with Crippen LogP contribution in [0.4, 0.5) is 5.69 Å². The third kappa shape index (κ3) is 5.99. The SMILES string of the molecule is CCOC(=O)C=CC(=O)Nc1cccc(-c2cccc(-n3c(=O)c(Cc4cccnc4)nc4cccnc43)c2)c1. The van der Waals surface area contributed by atoms with E-state index in [-0.39, 0.29) is 12.2 Å². The van der Waals surface area contributed by atoms with Crippen LogP contribution in [0.2, 0.25) is 0 Å². The van der Waals surface area contributed by atoms with Crippen LogP contribution in [-0.2, 0) is 20.7 Å². The number of hydrogen-bond donors (Lipinski definition) is 1. The van der Waals surface area contributed by atoms with Crippen LogP contribution in [0.15, 0.2) is 108 Å². The van der Waals surface area contributed by atoms with Gasteiger partial charge in [0.25, 0.3) is 5.56 Å². The molecule has 0 saturated carbocycles. The fourth-order valence-electron chi connectivity index (χ4n) is 4.24. The zero-order valence-electron chi connectivity index (χ0n) is 21.7. The molecule has 5 aromatic rings. The summed E-state index contributed by atoms with van der Waals surface area (Å²) in [6.07, 6.45) is 7.59. The van der Waals surface area contributed by atoms with Gasteiger partial charge >= 0.3 is 5.97 Å². The predicted octanol–water partition coefficient (Wildman–Crippen LogP) is 4.49. The molecule has 2 aromatic carbocycles. The Balaban J connectivity index is 1.49. The number of nitrogens with zero attached hydrogens (tertiary/aromatic N) is 4. The lowest BCUT2D eigenvalue weighted by Gasteiger charge is -2.13. The maximum absolute atomic E-state index is 13.7. The monoisotopic (exact) mass is 531 g/mol. The van der Waals surface area contributed by atoms with Crippen molar-refractivity contribution >= 4 is 28.7 Å². The van der Waals surface area contributed by atoms with E-state index in [2.05, 4.69) is 20.3 Å². The van der Waals surface area contributed by atoms with Crippen molar-refractivity contribution in [1.82, 2.24) is 19.5 Å². The van der Waals surface area contributed by atoms with Gasteiger partial charge in [0, 0.05) is 42.9 Å². The number of rotatable bonds is 8. The van der Waals surface area contributed by atoms with Gasteiger partial charge in [0.05, 0.1) is 12.3 Å². The second-order valence-electron chi connectivity index (χ2n) is 8.79. The molecule has 198 valence electrons. The molecule has 40 heavy (non-hydrogen) atoms. The molecule has 9 nitrogen and oxygen atoms in total. The van der Waals surface area contributed by atoms with Crippen molar-refractivity contribution in [2.24, 2.45) is 0 Å². The van der Waals surface area contributed by atoms with E-state index in [4.69, 9.17) is 4.74 Å². The molecule has 9 heteroatoms. The Bertz CT molecular complexity index is 1780. The lowest BCUT2D eigenvalue weighted by atomic mass is 10.0. The van der Waals surface area contributed by atoms with Crippen molar-refractivity contribution in [2.75, 3.05) is 11.9 Å². The highest BCUT2D eigenvalue weighted by molar-refractivity contribution is 6.02. The van der Waals surface area contributed by atoms with Gasteiger partial charge in [0.2, 0.25) is 5.91 Å². The van der Waals surface area contributed by atoms with Crippen LogP contribution in [0.3, 0.4) is 0 Å². The number of ether oxygens (including phenoxy) is 1. The summed E-state index contributed by atoms with van der Waals surface area (Å²) in [5, 5.41) is 2.75. The van der Waals surface area contributed by atoms with Crippen molar-refractivity contribution in [2.45, 2.75) is 13.3 Å². The first-order chi connectivity index (χ1) is 19.5. The zero-order valence-corrected chi connectivity index (χ0v) is 21.7. The van der Waals surface area contributed by atoms with Gasteiger partial charge in [-0.15, -0.1) is 0 Å². The number of esters is 1. The maximum atomic E-state index is 13.7. The summed E-state index contributed by atoms with van der Waals surface area (Å²) in [4.78, 5) is 50.7. The van der Waals surface area contributed by atoms with E-state index in [0.717, 1.165) is 28.8 Å². The first kappa shape index (κ1) is 26.2. The number of amides is 1. The smallest absolute Gasteiger partial charge is 0.330 e. The zero-order chi connectivity index (χ0) is 27.9. The fraction of sp³-hybridized carbons (Fsp3) is 0.0968. The lowest BCUT2D eigenvalue weighted by Crippen LogP contribution is -2.25. The highest BCUT2D eigenvalue weighted by Gasteiger charge is 2.15. The van der Waals surface area contributed by atoms with E-state index < -0.39 is 11.9 Å². The van der Waals surface area contributed by atoms with Crippen LogP contribution in [0, 0.1) is 0 Å². The van der Waals surface area contributed by atoms with E-state index in [0.29, 0.717) is 34.7 Å². The van der Waals surface area contributed by atoms with Crippen molar-refractivity contribution in [3.05, 3.63) is 125 Å². The van der Waals surface area contributed by atoms with Gasteiger partial charge in [-0.05, 0) is 66.1 Å². The van der Waals surface area contributed by atoms with Crippen LogP contribution < -0.4 is 10.9 Å². The van der Waals surface area contributed by atoms with E-state index in [1.54, 1.807) is 42.2 Å². The van der Waals surface area contributed by atoms with E-state index in [1.165, 1.54) is 0 Å². The summed E-state index contributed by atoms with van der Waals surface area (Å²) < 4.78 is 6.37. The third-order valence-electron chi connectivity index (χ3n) is 6.00. The number of hydrogen-bond acceptors (Lipinski definition) is 7. The summed E-state index contributed by atoms with van der Waals surface area (Å²) in [5.41, 5.74) is 4.90. The number of pyridine rings is 2. The van der Waals surface area contributed by atoms with Gasteiger partial charge < -0.3 is 10.1 Å². The van der Waals surface area contributed by atoms with Gasteiger partial charge in [-0.1, -0.05) is 30.3 Å². The van der Waals surface area contributed by atoms with E-state index in [1.807, 2.05) is 60.7 Å². The summed E-state index contributed by atoms with van der Waals surface area (Å²) in [6.45, 7) is 1.92. The second kappa shape index (κ2) is 12.0. The van der Waals surface area contributed by atoms with Gasteiger partial charge in [-0.3, -0.25) is 19.1 Å². The van der Waals surface area contributed by atoms with Crippen LogP contribution in [-0.4, -0.2) is 38.0 Å². The van der Waals surface area contributed by atoms with Gasteiger partial charge in [0.15, 0.2) is 5.65 Å². The van der Waals surface area contributed by atoms with Crippen LogP contribution in [0.1, 0.15) is 18.2 Å². The molecule has 1 N–H and O–H groups in total. The minimum absolute atomic E-state index is 0.231. The third-order valence-corrected chi connectivity index (χ3v) is 6.00. The molecular formula is C31H25N5O4. The Kier molecular flexibility index (Phi) is 7.82. The molecule has 0 bridgehead atoms. The molecule has 0 aliphatic heterocycles. The number of carbonyl (C=O) groups is 2. The molecule has 3 aromatic heterocycles. The molecule has 0 aliphatic rings. The Morgan fingerprint density at radius 2 is 1.75 bits per heavy atom. The molecule has 0 spiro atoms. The van der Waals surface area contributed by atoms with Gasteiger partial charge in [0.1, 0.15) is 11.2 Å². The molecular weight excluding hydrogens is 506 g/mol. The summed E-state index contributed by atoms with van der Waals surface area (Å²) in [5.74, 6) is -1.04. The Labute approximate surface area is 229 Å². The molecule has 0 aliphatic carbocycles. The highest BCUT2D eigenvalue weighted by Crippen LogP contribution is 2.25. The Morgan fingerprint density at radius 1 is 0.950 bits per heavy atom. The number of fused-ring (bicyclic) bond motifs is 1. The number of aromatic nitrogens is 4. The number of carbonyl (C=O) groups excluding carboxylic acids is 2. The average Bonchev–Trinajstić information content (AvgIpc) is 2.97. The highest BCUT2D eigenvalue weighted by atomic mass is 16.5. The Hall–Kier alpha value is -5.44. The molecule has 5 rings (SSSR count). The predicted molar refractivity (Wildman–Crippen MR) is 152 cm³/mol. The van der Waals surface area contributed by atoms with Crippen molar-refractivity contribution in [3.8, 4) is 16.8 Å². The standard InChI is InChI=1S/C31H25N5O4/c1-2-40-29(38)14-13-28(37)34-24-10-3-8-22(18-24)23-9-4-11-25(19-23)36-30-26(12-6-16-33-30)35-27(31(36)39)17-21-7-5-15-32-20-21/h3-16,18-20H,2,17H2,1H3,(H,34,37). The average molecular weight is 532 g/mol. The Morgan fingerprint density at radius 3 is 2.55 bits per heavy atom. The van der Waals surface area contributed by atoms with Crippen LogP contribution in [0.5, 0.6) is 0 Å². The molecule has 0 fully saturated rings. The lowest BCUT2D eigenvalue weighted by molar-refractivity contribution is -0.137. The first-order valence-electron chi connectivity index (χ1n) is 12.6.